The predicted molar refractivity (Wildman–Crippen MR) is 85.5 cm³/mol. The smallest absolute Gasteiger partial charge is 0.0750 e. The van der Waals surface area contributed by atoms with E-state index in [0.717, 1.165) is 23.9 Å². The molecule has 0 aliphatic rings. The Morgan fingerprint density at radius 3 is 2.86 bits per heavy atom. The van der Waals surface area contributed by atoms with Crippen LogP contribution in [0, 0.1) is 0 Å². The number of para-hydroxylation sites is 1. The SMILES string of the molecule is CCCNC(COCCOC)c1cccc2cccnc12. The fraction of sp³-hybridized carbons (Fsp3) is 0.471. The maximum Gasteiger partial charge on any atom is 0.0750 e. The normalized spacial score (nSPS) is 12.7. The van der Waals surface area contributed by atoms with Crippen molar-refractivity contribution in [3.05, 3.63) is 42.1 Å². The second kappa shape index (κ2) is 8.72. The molecule has 1 unspecified atom stereocenters. The minimum Gasteiger partial charge on any atom is -0.382 e. The van der Waals surface area contributed by atoms with Crippen molar-refractivity contribution in [3.8, 4) is 0 Å². The fourth-order valence-corrected chi connectivity index (χ4v) is 2.33. The molecule has 0 bridgehead atoms. The third-order valence-corrected chi connectivity index (χ3v) is 3.40. The van der Waals surface area contributed by atoms with Crippen LogP contribution >= 0.6 is 0 Å². The van der Waals surface area contributed by atoms with Crippen LogP contribution in [0.5, 0.6) is 0 Å². The second-order valence-electron chi connectivity index (χ2n) is 5.00. The molecular formula is C17H24N2O2. The van der Waals surface area contributed by atoms with Crippen LogP contribution < -0.4 is 5.32 Å². The van der Waals surface area contributed by atoms with Crippen molar-refractivity contribution < 1.29 is 9.47 Å². The van der Waals surface area contributed by atoms with Gasteiger partial charge in [0.1, 0.15) is 0 Å². The van der Waals surface area contributed by atoms with E-state index in [9.17, 15) is 0 Å². The van der Waals surface area contributed by atoms with E-state index < -0.39 is 0 Å². The Morgan fingerprint density at radius 1 is 1.19 bits per heavy atom. The molecule has 1 N–H and O–H groups in total. The first-order valence-electron chi connectivity index (χ1n) is 7.50. The van der Waals surface area contributed by atoms with Gasteiger partial charge in [0.2, 0.25) is 0 Å². The number of aromatic nitrogens is 1. The average Bonchev–Trinajstić information content (AvgIpc) is 2.54. The van der Waals surface area contributed by atoms with Crippen LogP contribution in [0.25, 0.3) is 10.9 Å². The first kappa shape index (κ1) is 15.9. The number of pyridine rings is 1. The Labute approximate surface area is 126 Å². The van der Waals surface area contributed by atoms with Gasteiger partial charge < -0.3 is 14.8 Å². The number of hydrogen-bond acceptors (Lipinski definition) is 4. The largest absolute Gasteiger partial charge is 0.382 e. The Bertz CT molecular complexity index is 540. The topological polar surface area (TPSA) is 43.4 Å². The summed E-state index contributed by atoms with van der Waals surface area (Å²) in [6.45, 7) is 4.98. The molecule has 114 valence electrons. The number of fused-ring (bicyclic) bond motifs is 1. The molecule has 0 aliphatic carbocycles. The summed E-state index contributed by atoms with van der Waals surface area (Å²) in [5.74, 6) is 0. The lowest BCUT2D eigenvalue weighted by Crippen LogP contribution is -2.27. The Balaban J connectivity index is 2.17. The van der Waals surface area contributed by atoms with Crippen molar-refractivity contribution >= 4 is 10.9 Å². The molecule has 1 aromatic heterocycles. The number of nitrogens with one attached hydrogen (secondary N) is 1. The van der Waals surface area contributed by atoms with Gasteiger partial charge in [-0.2, -0.15) is 0 Å². The van der Waals surface area contributed by atoms with Crippen molar-refractivity contribution in [2.75, 3.05) is 33.5 Å². The van der Waals surface area contributed by atoms with Crippen LogP contribution in [0.2, 0.25) is 0 Å². The van der Waals surface area contributed by atoms with Crippen molar-refractivity contribution in [1.82, 2.24) is 10.3 Å². The van der Waals surface area contributed by atoms with Gasteiger partial charge in [0.25, 0.3) is 0 Å². The monoisotopic (exact) mass is 288 g/mol. The summed E-state index contributed by atoms with van der Waals surface area (Å²) in [6, 6.07) is 10.5. The minimum absolute atomic E-state index is 0.153. The number of hydrogen-bond donors (Lipinski definition) is 1. The zero-order valence-electron chi connectivity index (χ0n) is 12.8. The third kappa shape index (κ3) is 4.49. The van der Waals surface area contributed by atoms with E-state index >= 15 is 0 Å². The average molecular weight is 288 g/mol. The minimum atomic E-state index is 0.153. The molecule has 21 heavy (non-hydrogen) atoms. The molecule has 0 radical (unpaired) electrons. The molecule has 1 atom stereocenters. The van der Waals surface area contributed by atoms with Gasteiger partial charge in [0.05, 0.1) is 31.4 Å². The summed E-state index contributed by atoms with van der Waals surface area (Å²) in [4.78, 5) is 4.53. The zero-order chi connectivity index (χ0) is 14.9. The number of nitrogens with zero attached hydrogens (tertiary/aromatic N) is 1. The van der Waals surface area contributed by atoms with E-state index in [-0.39, 0.29) is 6.04 Å². The van der Waals surface area contributed by atoms with Crippen LogP contribution in [0.3, 0.4) is 0 Å². The maximum absolute atomic E-state index is 5.72. The van der Waals surface area contributed by atoms with E-state index in [0.29, 0.717) is 19.8 Å². The molecule has 1 aromatic carbocycles. The van der Waals surface area contributed by atoms with Crippen molar-refractivity contribution in [2.45, 2.75) is 19.4 Å². The van der Waals surface area contributed by atoms with Gasteiger partial charge in [-0.25, -0.2) is 0 Å². The highest BCUT2D eigenvalue weighted by atomic mass is 16.5. The van der Waals surface area contributed by atoms with E-state index in [2.05, 4.69) is 41.5 Å². The van der Waals surface area contributed by atoms with Gasteiger partial charge in [-0.15, -0.1) is 0 Å². The first-order valence-corrected chi connectivity index (χ1v) is 7.50. The molecule has 0 saturated carbocycles. The molecule has 0 amide bonds. The Kier molecular flexibility index (Phi) is 6.60. The van der Waals surface area contributed by atoms with Gasteiger partial charge in [0, 0.05) is 18.7 Å². The third-order valence-electron chi connectivity index (χ3n) is 3.40. The van der Waals surface area contributed by atoms with Crippen LogP contribution in [0.4, 0.5) is 0 Å². The molecule has 0 fully saturated rings. The van der Waals surface area contributed by atoms with Crippen LogP contribution in [0.1, 0.15) is 24.9 Å². The lowest BCUT2D eigenvalue weighted by atomic mass is 10.0. The second-order valence-corrected chi connectivity index (χ2v) is 5.00. The Hall–Kier alpha value is -1.49. The van der Waals surface area contributed by atoms with Crippen molar-refractivity contribution in [3.63, 3.8) is 0 Å². The number of rotatable bonds is 9. The van der Waals surface area contributed by atoms with Gasteiger partial charge >= 0.3 is 0 Å². The van der Waals surface area contributed by atoms with Crippen LogP contribution in [-0.4, -0.2) is 38.5 Å². The summed E-state index contributed by atoms with van der Waals surface area (Å²) in [5, 5.41) is 4.71. The molecule has 0 spiro atoms. The molecule has 4 nitrogen and oxygen atoms in total. The van der Waals surface area contributed by atoms with Gasteiger partial charge in [-0.05, 0) is 24.6 Å². The molecule has 2 rings (SSSR count). The van der Waals surface area contributed by atoms with E-state index in [1.54, 1.807) is 7.11 Å². The van der Waals surface area contributed by atoms with Gasteiger partial charge in [-0.1, -0.05) is 31.2 Å². The van der Waals surface area contributed by atoms with Gasteiger partial charge in [-0.3, -0.25) is 4.98 Å². The summed E-state index contributed by atoms with van der Waals surface area (Å²) in [5.41, 5.74) is 2.24. The van der Waals surface area contributed by atoms with E-state index in [1.807, 2.05) is 12.3 Å². The highest BCUT2D eigenvalue weighted by molar-refractivity contribution is 5.82. The molecule has 0 saturated heterocycles. The first-order chi connectivity index (χ1) is 10.4. The maximum atomic E-state index is 5.72. The molecule has 2 aromatic rings. The summed E-state index contributed by atoms with van der Waals surface area (Å²) < 4.78 is 10.7. The molecule has 0 aliphatic heterocycles. The summed E-state index contributed by atoms with van der Waals surface area (Å²) in [7, 11) is 1.69. The summed E-state index contributed by atoms with van der Waals surface area (Å²) in [6.07, 6.45) is 2.93. The predicted octanol–water partition coefficient (Wildman–Crippen LogP) is 2.94. The number of benzene rings is 1. The quantitative estimate of drug-likeness (QED) is 0.721. The van der Waals surface area contributed by atoms with E-state index in [4.69, 9.17) is 9.47 Å². The van der Waals surface area contributed by atoms with Crippen LogP contribution in [-0.2, 0) is 9.47 Å². The molecule has 4 heteroatoms. The van der Waals surface area contributed by atoms with Crippen molar-refractivity contribution in [1.29, 1.82) is 0 Å². The summed E-state index contributed by atoms with van der Waals surface area (Å²) >= 11 is 0. The highest BCUT2D eigenvalue weighted by Gasteiger charge is 2.14. The number of ether oxygens (including phenoxy) is 2. The highest BCUT2D eigenvalue weighted by Crippen LogP contribution is 2.22. The van der Waals surface area contributed by atoms with Crippen molar-refractivity contribution in [2.24, 2.45) is 0 Å². The Morgan fingerprint density at radius 2 is 2.05 bits per heavy atom. The molecular weight excluding hydrogens is 264 g/mol. The lowest BCUT2D eigenvalue weighted by Gasteiger charge is -2.20. The zero-order valence-corrected chi connectivity index (χ0v) is 12.8. The number of methoxy groups -OCH3 is 1. The lowest BCUT2D eigenvalue weighted by molar-refractivity contribution is 0.0587. The van der Waals surface area contributed by atoms with E-state index in [1.165, 1.54) is 5.56 Å². The fourth-order valence-electron chi connectivity index (χ4n) is 2.33. The van der Waals surface area contributed by atoms with Crippen LogP contribution in [0.15, 0.2) is 36.5 Å². The van der Waals surface area contributed by atoms with Gasteiger partial charge in [0.15, 0.2) is 0 Å². The standard InChI is InChI=1S/C17H24N2O2/c1-3-9-18-16(13-21-12-11-20-2)15-8-4-6-14-7-5-10-19-17(14)15/h4-8,10,16,18H,3,9,11-13H2,1-2H3. The molecule has 1 heterocycles.